The highest BCUT2D eigenvalue weighted by molar-refractivity contribution is 6.43. The molecule has 0 bridgehead atoms. The number of fused-ring (bicyclic) bond motifs is 2. The summed E-state index contributed by atoms with van der Waals surface area (Å²) in [5.41, 5.74) is 4.50. The molecule has 4 aromatic heterocycles. The normalized spacial score (nSPS) is 14.3. The lowest BCUT2D eigenvalue weighted by Gasteiger charge is -2.30. The van der Waals surface area contributed by atoms with Crippen LogP contribution in [0.25, 0.3) is 56.5 Å². The van der Waals surface area contributed by atoms with Crippen molar-refractivity contribution >= 4 is 139 Å². The summed E-state index contributed by atoms with van der Waals surface area (Å²) in [5, 5.41) is 20.6. The van der Waals surface area contributed by atoms with Crippen LogP contribution in [0.4, 0.5) is 0 Å². The number of carboxylic acid groups (broad SMARTS) is 1. The Balaban J connectivity index is 0.000000206. The number of aromatic nitrogens is 4. The zero-order chi connectivity index (χ0) is 62.1. The SMILES string of the molecule is C=CC(=O)N1CCC(c2onc(-c3c(Cl)cc(Cl)cc3Cl)c2C(=O)c2cn(C)c3c(/C=C/C(=O)O)cccc23)CC1.C=CC(=O)N1CCC(c2onc(-c3c(Cl)cc(Cl)cc3Cl)c2C(=O)c2cn(C)c3c(/C=C/C(=O)OC(C)(C)C)cccc23)CC1. The summed E-state index contributed by atoms with van der Waals surface area (Å²) in [5.74, 6) is -2.12. The highest BCUT2D eigenvalue weighted by Gasteiger charge is 2.37. The molecule has 8 aromatic rings. The minimum atomic E-state index is -1.08. The Kier molecular flexibility index (Phi) is 19.1. The monoisotopic (exact) mass is 1280 g/mol. The molecule has 10 rings (SSSR count). The van der Waals surface area contributed by atoms with Gasteiger partial charge in [0.25, 0.3) is 0 Å². The van der Waals surface area contributed by atoms with Crippen molar-refractivity contribution in [3.05, 3.63) is 186 Å². The van der Waals surface area contributed by atoms with Crippen LogP contribution in [-0.2, 0) is 38.0 Å². The molecule has 2 amide bonds. The number of aryl methyl sites for hydroxylation is 2. The highest BCUT2D eigenvalue weighted by Crippen LogP contribution is 2.46. The summed E-state index contributed by atoms with van der Waals surface area (Å²) in [4.78, 5) is 80.4. The second kappa shape index (κ2) is 26.1. The van der Waals surface area contributed by atoms with Crippen LogP contribution in [0.1, 0.15) is 113 Å². The van der Waals surface area contributed by atoms with Crippen molar-refractivity contribution < 1.29 is 47.7 Å². The second-order valence-corrected chi connectivity index (χ2v) is 24.1. The maximum atomic E-state index is 14.6. The van der Waals surface area contributed by atoms with Crippen LogP contribution < -0.4 is 0 Å². The van der Waals surface area contributed by atoms with Gasteiger partial charge in [-0.05, 0) is 106 Å². The smallest absolute Gasteiger partial charge is 0.331 e. The standard InChI is InChI=1S/C34H32Cl3N3O5.C30H24Cl3N3O5/c1-6-26(41)40-14-12-20(13-15-40)33-29(30(38-45-33)28-24(36)16-21(35)17-25(28)37)32(43)23-18-39(5)31-19(8-7-9-22(23)31)10-11-27(42)44-34(2,3)4;1-3-23(37)36-11-9-17(10-12-36)30-26(27(34-41-30)25-21(32)13-18(31)14-22(25)33)29(40)20-15-35(2)28-16(7-8-24(38)39)5-4-6-19(20)28/h6-11,16-18,20H,1,12-15H2,2-5H3;3-8,13-15,17H,1,9-12H2,2H3,(H,38,39)/b11-10+;8-7+. The molecule has 0 aliphatic carbocycles. The molecule has 2 aliphatic heterocycles. The van der Waals surface area contributed by atoms with Crippen LogP contribution in [0.3, 0.4) is 0 Å². The summed E-state index contributed by atoms with van der Waals surface area (Å²) in [6.45, 7) is 14.4. The average Bonchev–Trinajstić information content (AvgIpc) is 1.69. The van der Waals surface area contributed by atoms with Gasteiger partial charge < -0.3 is 37.8 Å². The van der Waals surface area contributed by atoms with E-state index in [1.165, 1.54) is 48.6 Å². The van der Waals surface area contributed by atoms with Crippen molar-refractivity contribution in [2.45, 2.75) is 63.9 Å². The van der Waals surface area contributed by atoms with Gasteiger partial charge in [-0.1, -0.05) is 129 Å². The number of halogens is 6. The van der Waals surface area contributed by atoms with Crippen LogP contribution in [0, 0.1) is 0 Å². The van der Waals surface area contributed by atoms with Gasteiger partial charge in [0.2, 0.25) is 23.4 Å². The van der Waals surface area contributed by atoms with Crippen LogP contribution in [0.5, 0.6) is 0 Å². The number of ether oxygens (including phenoxy) is 1. The fourth-order valence-corrected chi connectivity index (χ4v) is 13.0. The number of likely N-dealkylation sites (tertiary alicyclic amines) is 2. The van der Waals surface area contributed by atoms with E-state index in [-0.39, 0.29) is 77.8 Å². The van der Waals surface area contributed by atoms with Crippen molar-refractivity contribution in [3.63, 3.8) is 0 Å². The topological polar surface area (TPSA) is 200 Å². The average molecular weight is 1280 g/mol. The molecule has 16 nitrogen and oxygen atoms in total. The number of carbonyl (C=O) groups is 6. The molecular formula is C64H56Cl6N6O10. The van der Waals surface area contributed by atoms with Crippen molar-refractivity contribution in [2.75, 3.05) is 26.2 Å². The van der Waals surface area contributed by atoms with E-state index in [1.54, 1.807) is 78.9 Å². The molecule has 0 spiro atoms. The van der Waals surface area contributed by atoms with E-state index in [9.17, 15) is 28.8 Å². The van der Waals surface area contributed by atoms with Gasteiger partial charge >= 0.3 is 11.9 Å². The third kappa shape index (κ3) is 13.2. The van der Waals surface area contributed by atoms with E-state index in [4.69, 9.17) is 88.5 Å². The van der Waals surface area contributed by atoms with Crippen LogP contribution in [0.15, 0.2) is 120 Å². The first-order chi connectivity index (χ1) is 40.9. The Bertz CT molecular complexity index is 4080. The van der Waals surface area contributed by atoms with Gasteiger partial charge in [-0.2, -0.15) is 0 Å². The zero-order valence-electron chi connectivity index (χ0n) is 47.2. The molecule has 2 fully saturated rings. The van der Waals surface area contributed by atoms with Gasteiger partial charge in [0.1, 0.15) is 17.0 Å². The van der Waals surface area contributed by atoms with Gasteiger partial charge in [-0.25, -0.2) is 9.59 Å². The molecule has 0 atom stereocenters. The largest absolute Gasteiger partial charge is 0.478 e. The molecular weight excluding hydrogens is 1230 g/mol. The number of aliphatic carboxylic acids is 1. The number of amides is 2. The van der Waals surface area contributed by atoms with Gasteiger partial charge in [0.05, 0.1) is 42.3 Å². The molecule has 0 radical (unpaired) electrons. The maximum absolute atomic E-state index is 14.6. The quantitative estimate of drug-likeness (QED) is 0.0614. The predicted molar refractivity (Wildman–Crippen MR) is 336 cm³/mol. The van der Waals surface area contributed by atoms with E-state index in [0.717, 1.165) is 17.2 Å². The van der Waals surface area contributed by atoms with Crippen molar-refractivity contribution in [2.24, 2.45) is 14.1 Å². The summed E-state index contributed by atoms with van der Waals surface area (Å²) < 4.78 is 20.8. The third-order valence-corrected chi connectivity index (χ3v) is 16.5. The highest BCUT2D eigenvalue weighted by atomic mass is 35.5. The fraction of sp³-hybridized carbons (Fsp3) is 0.250. The first kappa shape index (κ1) is 62.8. The van der Waals surface area contributed by atoms with E-state index in [1.807, 2.05) is 29.8 Å². The van der Waals surface area contributed by atoms with Gasteiger partial charge in [0, 0.05) is 120 Å². The van der Waals surface area contributed by atoms with Crippen molar-refractivity contribution in [1.82, 2.24) is 29.2 Å². The minimum Gasteiger partial charge on any atom is -0.478 e. The lowest BCUT2D eigenvalue weighted by Crippen LogP contribution is -2.37. The Labute approximate surface area is 524 Å². The van der Waals surface area contributed by atoms with E-state index >= 15 is 0 Å². The number of piperidine rings is 2. The first-order valence-corrected chi connectivity index (χ1v) is 29.3. The summed E-state index contributed by atoms with van der Waals surface area (Å²) in [6, 6.07) is 17.0. The zero-order valence-corrected chi connectivity index (χ0v) is 51.7. The predicted octanol–water partition coefficient (Wildman–Crippen LogP) is 15.3. The molecule has 0 unspecified atom stereocenters. The number of para-hydroxylation sites is 2. The molecule has 0 saturated carbocycles. The number of carboxylic acids is 1. The van der Waals surface area contributed by atoms with Crippen molar-refractivity contribution in [3.8, 4) is 22.5 Å². The number of hydrogen-bond acceptors (Lipinski definition) is 11. The van der Waals surface area contributed by atoms with E-state index in [0.29, 0.717) is 118 Å². The molecule has 6 heterocycles. The Morgan fingerprint density at radius 2 is 0.977 bits per heavy atom. The number of nitrogens with zero attached hydrogens (tertiary/aromatic N) is 6. The van der Waals surface area contributed by atoms with E-state index in [2.05, 4.69) is 23.5 Å². The Hall–Kier alpha value is -7.70. The lowest BCUT2D eigenvalue weighted by atomic mass is 9.87. The molecule has 2 saturated heterocycles. The minimum absolute atomic E-state index is 0.144. The van der Waals surface area contributed by atoms with Crippen LogP contribution in [-0.4, -0.2) is 101 Å². The van der Waals surface area contributed by atoms with E-state index < -0.39 is 17.5 Å². The van der Waals surface area contributed by atoms with Crippen LogP contribution in [0.2, 0.25) is 30.1 Å². The molecule has 1 N–H and O–H groups in total. The number of esters is 1. The maximum Gasteiger partial charge on any atom is 0.331 e. The van der Waals surface area contributed by atoms with Gasteiger partial charge in [-0.15, -0.1) is 0 Å². The van der Waals surface area contributed by atoms with Crippen LogP contribution >= 0.6 is 69.6 Å². The Morgan fingerprint density at radius 3 is 1.33 bits per heavy atom. The number of carbonyl (C=O) groups excluding carboxylic acids is 5. The third-order valence-electron chi connectivity index (χ3n) is 14.8. The number of hydrogen-bond donors (Lipinski definition) is 1. The van der Waals surface area contributed by atoms with Gasteiger partial charge in [-0.3, -0.25) is 19.2 Å². The molecule has 2 aliphatic rings. The van der Waals surface area contributed by atoms with Crippen molar-refractivity contribution in [1.29, 1.82) is 0 Å². The summed E-state index contributed by atoms with van der Waals surface area (Å²) >= 11 is 38.7. The molecule has 86 heavy (non-hydrogen) atoms. The number of ketones is 2. The summed E-state index contributed by atoms with van der Waals surface area (Å²) in [6.07, 6.45) is 13.8. The molecule has 444 valence electrons. The first-order valence-electron chi connectivity index (χ1n) is 27.1. The van der Waals surface area contributed by atoms with Gasteiger partial charge in [0.15, 0.2) is 11.5 Å². The Morgan fingerprint density at radius 1 is 0.605 bits per heavy atom. The lowest BCUT2D eigenvalue weighted by molar-refractivity contribution is -0.148. The summed E-state index contributed by atoms with van der Waals surface area (Å²) in [7, 11) is 3.62. The molecule has 4 aromatic carbocycles. The second-order valence-electron chi connectivity index (χ2n) is 21.6. The molecule has 22 heteroatoms. The number of rotatable bonds is 14. The fourth-order valence-electron chi connectivity index (χ4n) is 11.0. The number of benzene rings is 4.